The summed E-state index contributed by atoms with van der Waals surface area (Å²) in [6, 6.07) is 0. The Hall–Kier alpha value is -0.340. The molecule has 2 aliphatic rings. The highest BCUT2D eigenvalue weighted by molar-refractivity contribution is 5.19. The van der Waals surface area contributed by atoms with E-state index < -0.39 is 0 Å². The maximum Gasteiger partial charge on any atom is 0.0679 e. The molecular formula is C11H19NO. The fraction of sp³-hybridized carbons (Fsp3) is 0.818. The van der Waals surface area contributed by atoms with Crippen LogP contribution in [0.3, 0.4) is 0 Å². The molecule has 1 heterocycles. The highest BCUT2D eigenvalue weighted by atomic mass is 16.5. The minimum absolute atomic E-state index is 0.723. The van der Waals surface area contributed by atoms with Gasteiger partial charge in [0.15, 0.2) is 0 Å². The first-order valence-electron chi connectivity index (χ1n) is 5.37. The van der Waals surface area contributed by atoms with E-state index in [-0.39, 0.29) is 0 Å². The Balaban J connectivity index is 2.05. The maximum absolute atomic E-state index is 5.70. The van der Waals surface area contributed by atoms with Gasteiger partial charge in [-0.1, -0.05) is 5.57 Å². The molecule has 0 aromatic rings. The molecule has 0 amide bonds. The van der Waals surface area contributed by atoms with Gasteiger partial charge in [-0.25, -0.2) is 0 Å². The predicted molar refractivity (Wildman–Crippen MR) is 53.5 cm³/mol. The second kappa shape index (κ2) is 4.25. The number of hydrogen-bond acceptors (Lipinski definition) is 2. The van der Waals surface area contributed by atoms with Gasteiger partial charge in [-0.3, -0.25) is 0 Å². The number of rotatable bonds is 1. The maximum atomic E-state index is 5.70. The highest BCUT2D eigenvalue weighted by Gasteiger charge is 2.21. The zero-order chi connectivity index (χ0) is 9.10. The van der Waals surface area contributed by atoms with Crippen molar-refractivity contribution in [3.05, 3.63) is 11.1 Å². The Kier molecular flexibility index (Phi) is 3.01. The molecule has 1 unspecified atom stereocenters. The van der Waals surface area contributed by atoms with Gasteiger partial charge in [0.1, 0.15) is 0 Å². The zero-order valence-corrected chi connectivity index (χ0v) is 8.22. The second-order valence-corrected chi connectivity index (χ2v) is 4.21. The van der Waals surface area contributed by atoms with E-state index in [0.717, 1.165) is 25.7 Å². The van der Waals surface area contributed by atoms with E-state index in [1.165, 1.54) is 32.1 Å². The van der Waals surface area contributed by atoms with Crippen molar-refractivity contribution in [2.24, 2.45) is 11.7 Å². The standard InChI is InChI=1S/C11H19NO/c12-7-9-3-4-10-2-1-5-13-8-11(10)6-9/h9H,1-8,12H2. The molecule has 0 spiro atoms. The highest BCUT2D eigenvalue weighted by Crippen LogP contribution is 2.32. The molecule has 0 aromatic carbocycles. The summed E-state index contributed by atoms with van der Waals surface area (Å²) in [4.78, 5) is 0. The zero-order valence-electron chi connectivity index (χ0n) is 8.22. The summed E-state index contributed by atoms with van der Waals surface area (Å²) in [6.45, 7) is 2.67. The molecule has 0 bridgehead atoms. The fourth-order valence-corrected chi connectivity index (χ4v) is 2.40. The van der Waals surface area contributed by atoms with Gasteiger partial charge < -0.3 is 10.5 Å². The summed E-state index contributed by atoms with van der Waals surface area (Å²) in [6.07, 6.45) is 6.26. The summed E-state index contributed by atoms with van der Waals surface area (Å²) in [5.41, 5.74) is 8.95. The molecule has 2 nitrogen and oxygen atoms in total. The minimum Gasteiger partial charge on any atom is -0.377 e. The first-order valence-corrected chi connectivity index (χ1v) is 5.37. The Morgan fingerprint density at radius 3 is 3.08 bits per heavy atom. The van der Waals surface area contributed by atoms with Crippen molar-refractivity contribution in [3.8, 4) is 0 Å². The molecule has 2 heteroatoms. The van der Waals surface area contributed by atoms with E-state index in [2.05, 4.69) is 0 Å². The van der Waals surface area contributed by atoms with E-state index >= 15 is 0 Å². The Labute approximate surface area is 80.1 Å². The van der Waals surface area contributed by atoms with E-state index in [1.807, 2.05) is 0 Å². The fourth-order valence-electron chi connectivity index (χ4n) is 2.40. The van der Waals surface area contributed by atoms with E-state index in [0.29, 0.717) is 0 Å². The predicted octanol–water partition coefficient (Wildman–Crippen LogP) is 1.85. The van der Waals surface area contributed by atoms with Crippen LogP contribution < -0.4 is 5.73 Å². The summed E-state index contributed by atoms with van der Waals surface area (Å²) in [7, 11) is 0. The van der Waals surface area contributed by atoms with Crippen LogP contribution in [0.4, 0.5) is 0 Å². The summed E-state index contributed by atoms with van der Waals surface area (Å²) in [5, 5.41) is 0. The molecule has 0 aromatic heterocycles. The molecule has 13 heavy (non-hydrogen) atoms. The number of nitrogens with two attached hydrogens (primary N) is 1. The number of hydrogen-bond donors (Lipinski definition) is 1. The Bertz CT molecular complexity index is 210. The molecule has 1 atom stereocenters. The largest absolute Gasteiger partial charge is 0.377 e. The second-order valence-electron chi connectivity index (χ2n) is 4.21. The minimum atomic E-state index is 0.723. The van der Waals surface area contributed by atoms with Gasteiger partial charge in [0.05, 0.1) is 6.61 Å². The van der Waals surface area contributed by atoms with Crippen LogP contribution in [0, 0.1) is 5.92 Å². The van der Waals surface area contributed by atoms with Crippen LogP contribution in [0.15, 0.2) is 11.1 Å². The molecule has 74 valence electrons. The lowest BCUT2D eigenvalue weighted by atomic mass is 9.83. The van der Waals surface area contributed by atoms with Crippen LogP contribution in [0.5, 0.6) is 0 Å². The van der Waals surface area contributed by atoms with Crippen LogP contribution in [0.1, 0.15) is 32.1 Å². The third-order valence-corrected chi connectivity index (χ3v) is 3.27. The third kappa shape index (κ3) is 2.12. The van der Waals surface area contributed by atoms with Gasteiger partial charge in [0.2, 0.25) is 0 Å². The van der Waals surface area contributed by atoms with Gasteiger partial charge in [-0.05, 0) is 50.1 Å². The molecule has 0 saturated carbocycles. The van der Waals surface area contributed by atoms with Crippen molar-refractivity contribution in [3.63, 3.8) is 0 Å². The van der Waals surface area contributed by atoms with Gasteiger partial charge in [0, 0.05) is 6.61 Å². The van der Waals surface area contributed by atoms with E-state index in [9.17, 15) is 0 Å². The van der Waals surface area contributed by atoms with Crippen molar-refractivity contribution in [1.82, 2.24) is 0 Å². The van der Waals surface area contributed by atoms with Crippen molar-refractivity contribution < 1.29 is 4.74 Å². The monoisotopic (exact) mass is 181 g/mol. The SMILES string of the molecule is NCC1CCC2=C(COCCC2)C1. The van der Waals surface area contributed by atoms with Crippen molar-refractivity contribution in [2.75, 3.05) is 19.8 Å². The lowest BCUT2D eigenvalue weighted by Gasteiger charge is -2.24. The van der Waals surface area contributed by atoms with E-state index in [1.54, 1.807) is 11.1 Å². The molecule has 1 aliphatic carbocycles. The third-order valence-electron chi connectivity index (χ3n) is 3.27. The van der Waals surface area contributed by atoms with Crippen molar-refractivity contribution >= 4 is 0 Å². The van der Waals surface area contributed by atoms with Crippen molar-refractivity contribution in [1.29, 1.82) is 0 Å². The first-order chi connectivity index (χ1) is 6.40. The summed E-state index contributed by atoms with van der Waals surface area (Å²) in [5.74, 6) is 0.723. The molecular weight excluding hydrogens is 162 g/mol. The lowest BCUT2D eigenvalue weighted by molar-refractivity contribution is 0.156. The first kappa shape index (κ1) is 9.22. The van der Waals surface area contributed by atoms with Gasteiger partial charge in [0.25, 0.3) is 0 Å². The van der Waals surface area contributed by atoms with Crippen LogP contribution in [0.25, 0.3) is 0 Å². The molecule has 2 N–H and O–H groups in total. The quantitative estimate of drug-likeness (QED) is 0.627. The molecule has 0 fully saturated rings. The average molecular weight is 181 g/mol. The van der Waals surface area contributed by atoms with E-state index in [4.69, 9.17) is 10.5 Å². The normalized spacial score (nSPS) is 29.8. The summed E-state index contributed by atoms with van der Waals surface area (Å²) < 4.78 is 5.56. The van der Waals surface area contributed by atoms with Gasteiger partial charge in [-0.15, -0.1) is 0 Å². The molecule has 0 radical (unpaired) electrons. The lowest BCUT2D eigenvalue weighted by Crippen LogP contribution is -2.20. The topological polar surface area (TPSA) is 35.2 Å². The molecule has 0 saturated heterocycles. The van der Waals surface area contributed by atoms with Crippen molar-refractivity contribution in [2.45, 2.75) is 32.1 Å². The van der Waals surface area contributed by atoms with Gasteiger partial charge >= 0.3 is 0 Å². The number of ether oxygens (including phenoxy) is 1. The molecule has 1 aliphatic heterocycles. The van der Waals surface area contributed by atoms with Crippen LogP contribution >= 0.6 is 0 Å². The summed E-state index contributed by atoms with van der Waals surface area (Å²) >= 11 is 0. The smallest absolute Gasteiger partial charge is 0.0679 e. The van der Waals surface area contributed by atoms with Gasteiger partial charge in [-0.2, -0.15) is 0 Å². The Morgan fingerprint density at radius 2 is 2.23 bits per heavy atom. The average Bonchev–Trinajstić information content (AvgIpc) is 2.41. The van der Waals surface area contributed by atoms with Crippen LogP contribution in [-0.2, 0) is 4.74 Å². The van der Waals surface area contributed by atoms with Crippen LogP contribution in [0.2, 0.25) is 0 Å². The van der Waals surface area contributed by atoms with Crippen LogP contribution in [-0.4, -0.2) is 19.8 Å². The number of allylic oxidation sites excluding steroid dienone is 1. The Morgan fingerprint density at radius 1 is 1.31 bits per heavy atom. The molecule has 2 rings (SSSR count).